The quantitative estimate of drug-likeness (QED) is 0.213. The SMILES string of the molecule is CCCCC(CO)C(CO)CCCC.O=C(O)c1ccccc1.O=P(O)(c1ccccc1)c1ccccc1. The number of unbranched alkanes of at least 4 members (excludes halogenated alkanes) is 2. The van der Waals surface area contributed by atoms with Crippen LogP contribution in [0.5, 0.6) is 0 Å². The van der Waals surface area contributed by atoms with Crippen molar-refractivity contribution >= 4 is 23.9 Å². The number of aliphatic hydroxyl groups is 2. The van der Waals surface area contributed by atoms with Gasteiger partial charge < -0.3 is 20.2 Å². The molecule has 38 heavy (non-hydrogen) atoms. The van der Waals surface area contributed by atoms with Crippen molar-refractivity contribution in [2.75, 3.05) is 13.2 Å². The van der Waals surface area contributed by atoms with E-state index in [0.29, 0.717) is 28.0 Å². The van der Waals surface area contributed by atoms with Gasteiger partial charge in [-0.15, -0.1) is 0 Å². The lowest BCUT2D eigenvalue weighted by atomic mass is 9.85. The molecule has 208 valence electrons. The topological polar surface area (TPSA) is 115 Å². The zero-order valence-corrected chi connectivity index (χ0v) is 23.4. The first-order valence-corrected chi connectivity index (χ1v) is 14.9. The van der Waals surface area contributed by atoms with Crippen molar-refractivity contribution in [1.29, 1.82) is 0 Å². The Morgan fingerprint density at radius 2 is 1.03 bits per heavy atom. The van der Waals surface area contributed by atoms with Gasteiger partial charge in [-0.25, -0.2) is 4.79 Å². The second-order valence-corrected chi connectivity index (χ2v) is 11.3. The number of carboxylic acids is 1. The molecule has 2 atom stereocenters. The highest BCUT2D eigenvalue weighted by Crippen LogP contribution is 2.37. The lowest BCUT2D eigenvalue weighted by Gasteiger charge is -2.23. The minimum Gasteiger partial charge on any atom is -0.478 e. The summed E-state index contributed by atoms with van der Waals surface area (Å²) >= 11 is 0. The summed E-state index contributed by atoms with van der Waals surface area (Å²) in [5.41, 5.74) is 0.331. The van der Waals surface area contributed by atoms with Crippen LogP contribution < -0.4 is 10.6 Å². The van der Waals surface area contributed by atoms with E-state index in [9.17, 15) is 24.5 Å². The molecule has 3 rings (SSSR count). The van der Waals surface area contributed by atoms with Gasteiger partial charge in [0.15, 0.2) is 0 Å². The van der Waals surface area contributed by atoms with Crippen molar-refractivity contribution in [2.24, 2.45) is 11.8 Å². The van der Waals surface area contributed by atoms with Crippen molar-refractivity contribution < 1.29 is 29.6 Å². The number of hydrogen-bond acceptors (Lipinski definition) is 4. The van der Waals surface area contributed by atoms with Crippen LogP contribution in [0.3, 0.4) is 0 Å². The number of rotatable bonds is 12. The second-order valence-electron chi connectivity index (χ2n) is 9.09. The van der Waals surface area contributed by atoms with E-state index in [1.165, 1.54) is 12.8 Å². The molecule has 0 aliphatic rings. The van der Waals surface area contributed by atoms with Gasteiger partial charge in [0.1, 0.15) is 0 Å². The van der Waals surface area contributed by atoms with Crippen LogP contribution in [0.25, 0.3) is 0 Å². The maximum absolute atomic E-state index is 12.2. The van der Waals surface area contributed by atoms with Gasteiger partial charge in [-0.05, 0) is 61.1 Å². The largest absolute Gasteiger partial charge is 0.478 e. The lowest BCUT2D eigenvalue weighted by molar-refractivity contribution is 0.0697. The number of aliphatic hydroxyl groups excluding tert-OH is 2. The van der Waals surface area contributed by atoms with Crippen LogP contribution in [0.4, 0.5) is 0 Å². The summed E-state index contributed by atoms with van der Waals surface area (Å²) in [4.78, 5) is 20.2. The Labute approximate surface area is 227 Å². The summed E-state index contributed by atoms with van der Waals surface area (Å²) in [5, 5.41) is 27.8. The predicted molar refractivity (Wildman–Crippen MR) is 156 cm³/mol. The van der Waals surface area contributed by atoms with Gasteiger partial charge in [0.2, 0.25) is 0 Å². The van der Waals surface area contributed by atoms with Crippen LogP contribution in [0.1, 0.15) is 62.7 Å². The summed E-state index contributed by atoms with van der Waals surface area (Å²) in [5.74, 6) is -0.256. The Balaban J connectivity index is 0.000000294. The number of benzene rings is 3. The number of carbonyl (C=O) groups is 1. The smallest absolute Gasteiger partial charge is 0.335 e. The summed E-state index contributed by atoms with van der Waals surface area (Å²) in [6.07, 6.45) is 6.77. The first-order chi connectivity index (χ1) is 18.3. The molecule has 0 saturated heterocycles. The third kappa shape index (κ3) is 12.2. The average molecular weight is 543 g/mol. The van der Waals surface area contributed by atoms with Gasteiger partial charge in [0, 0.05) is 23.8 Å². The average Bonchev–Trinajstić information content (AvgIpc) is 2.97. The van der Waals surface area contributed by atoms with Crippen molar-refractivity contribution in [2.45, 2.75) is 52.4 Å². The zero-order chi connectivity index (χ0) is 28.2. The van der Waals surface area contributed by atoms with Crippen molar-refractivity contribution in [3.8, 4) is 0 Å². The van der Waals surface area contributed by atoms with E-state index in [2.05, 4.69) is 13.8 Å². The van der Waals surface area contributed by atoms with Crippen LogP contribution in [0.15, 0.2) is 91.0 Å². The fourth-order valence-electron chi connectivity index (χ4n) is 3.87. The van der Waals surface area contributed by atoms with E-state index in [-0.39, 0.29) is 13.2 Å². The summed E-state index contributed by atoms with van der Waals surface area (Å²) < 4.78 is 12.2. The standard InChI is InChI=1S/C12H11O2P.C12H26O2.C7H6O2/c13-15(14,11-7-3-1-4-8-11)12-9-5-2-6-10-12;1-3-5-7-11(9-13)12(10-14)8-6-4-2;8-7(9)6-4-2-1-3-5-6/h1-10H,(H,13,14);11-14H,3-10H2,1-2H3;1-5H,(H,8,9). The predicted octanol–water partition coefficient (Wildman–Crippen LogP) is 5.88. The Hall–Kier alpha value is -2.76. The number of aromatic carboxylic acids is 1. The number of carboxylic acid groups (broad SMARTS) is 1. The normalized spacial score (nSPS) is 12.2. The Morgan fingerprint density at radius 3 is 1.29 bits per heavy atom. The highest BCUT2D eigenvalue weighted by molar-refractivity contribution is 7.73. The van der Waals surface area contributed by atoms with Gasteiger partial charge in [-0.3, -0.25) is 4.57 Å². The lowest BCUT2D eigenvalue weighted by Crippen LogP contribution is -2.22. The molecule has 0 saturated carbocycles. The molecule has 7 heteroatoms. The van der Waals surface area contributed by atoms with Gasteiger partial charge in [-0.2, -0.15) is 0 Å². The Morgan fingerprint density at radius 1 is 0.684 bits per heavy atom. The first-order valence-electron chi connectivity index (χ1n) is 13.3. The van der Waals surface area contributed by atoms with E-state index in [1.807, 2.05) is 12.1 Å². The highest BCUT2D eigenvalue weighted by Gasteiger charge is 2.23. The van der Waals surface area contributed by atoms with E-state index in [4.69, 9.17) is 5.11 Å². The van der Waals surface area contributed by atoms with E-state index in [1.54, 1.807) is 78.9 Å². The molecule has 0 spiro atoms. The van der Waals surface area contributed by atoms with E-state index >= 15 is 0 Å². The summed E-state index contributed by atoms with van der Waals surface area (Å²) in [6, 6.07) is 25.7. The molecule has 0 aliphatic carbocycles. The Bertz CT molecular complexity index is 986. The Kier molecular flexibility index (Phi) is 16.9. The van der Waals surface area contributed by atoms with Gasteiger partial charge in [0.05, 0.1) is 5.56 Å². The third-order valence-electron chi connectivity index (χ3n) is 6.23. The van der Waals surface area contributed by atoms with Crippen molar-refractivity contribution in [3.63, 3.8) is 0 Å². The van der Waals surface area contributed by atoms with Crippen LogP contribution in [-0.4, -0.2) is 39.4 Å². The molecule has 0 aromatic heterocycles. The molecule has 3 aromatic carbocycles. The minimum absolute atomic E-state index is 0.231. The van der Waals surface area contributed by atoms with Crippen LogP contribution in [0, 0.1) is 11.8 Å². The molecule has 0 aliphatic heterocycles. The fourth-order valence-corrected chi connectivity index (χ4v) is 5.33. The van der Waals surface area contributed by atoms with Crippen LogP contribution in [0.2, 0.25) is 0 Å². The van der Waals surface area contributed by atoms with Crippen LogP contribution in [-0.2, 0) is 4.57 Å². The van der Waals surface area contributed by atoms with Gasteiger partial charge in [-0.1, -0.05) is 94.1 Å². The summed E-state index contributed by atoms with van der Waals surface area (Å²) in [6.45, 7) is 4.78. The van der Waals surface area contributed by atoms with Crippen molar-refractivity contribution in [1.82, 2.24) is 0 Å². The molecular weight excluding hydrogens is 499 g/mol. The molecule has 0 amide bonds. The summed E-state index contributed by atoms with van der Waals surface area (Å²) in [7, 11) is -3.40. The maximum Gasteiger partial charge on any atom is 0.335 e. The molecule has 0 fully saturated rings. The fraction of sp³-hybridized carbons (Fsp3) is 0.387. The molecular formula is C31H43O6P. The maximum atomic E-state index is 12.2. The third-order valence-corrected chi connectivity index (χ3v) is 8.22. The van der Waals surface area contributed by atoms with E-state index < -0.39 is 13.3 Å². The van der Waals surface area contributed by atoms with E-state index in [0.717, 1.165) is 25.7 Å². The molecule has 3 aromatic rings. The minimum atomic E-state index is -3.40. The highest BCUT2D eigenvalue weighted by atomic mass is 31.2. The molecule has 4 N–H and O–H groups in total. The second kappa shape index (κ2) is 19.3. The van der Waals surface area contributed by atoms with Gasteiger partial charge >= 0.3 is 5.97 Å². The molecule has 0 heterocycles. The van der Waals surface area contributed by atoms with Crippen LogP contribution >= 0.6 is 7.37 Å². The first kappa shape index (κ1) is 33.3. The molecule has 0 bridgehead atoms. The van der Waals surface area contributed by atoms with Gasteiger partial charge in [0.25, 0.3) is 7.37 Å². The molecule has 6 nitrogen and oxygen atoms in total. The zero-order valence-electron chi connectivity index (χ0n) is 22.5. The monoisotopic (exact) mass is 542 g/mol. The number of hydrogen-bond donors (Lipinski definition) is 4. The van der Waals surface area contributed by atoms with Crippen molar-refractivity contribution in [3.05, 3.63) is 96.6 Å². The molecule has 2 unspecified atom stereocenters. The molecule has 0 radical (unpaired) electrons.